The number of carbonyl (C=O) groups excluding carboxylic acids is 2. The lowest BCUT2D eigenvalue weighted by molar-refractivity contribution is 0.104. The van der Waals surface area contributed by atoms with Gasteiger partial charge in [0, 0.05) is 23.5 Å². The molecule has 0 unspecified atom stereocenters. The second-order valence-corrected chi connectivity index (χ2v) is 7.69. The SMILES string of the molecule is COc1ccccc1NC(=O)Nc1cccc(C(=O)c2cn(C(C)C)c3ncnc(N)c23)c1. The van der Waals surface area contributed by atoms with Gasteiger partial charge in [-0.1, -0.05) is 24.3 Å². The number of para-hydroxylation sites is 2. The van der Waals surface area contributed by atoms with Crippen LogP contribution >= 0.6 is 0 Å². The fourth-order valence-corrected chi connectivity index (χ4v) is 3.60. The molecule has 2 amide bonds. The van der Waals surface area contributed by atoms with E-state index in [1.54, 1.807) is 48.7 Å². The third-order valence-corrected chi connectivity index (χ3v) is 5.18. The van der Waals surface area contributed by atoms with Crippen LogP contribution in [0.1, 0.15) is 35.8 Å². The topological polar surface area (TPSA) is 124 Å². The first kappa shape index (κ1) is 21.8. The number of fused-ring (bicyclic) bond motifs is 1. The molecule has 9 heteroatoms. The number of methoxy groups -OCH3 is 1. The van der Waals surface area contributed by atoms with Crippen molar-refractivity contribution in [3.8, 4) is 5.75 Å². The molecule has 2 heterocycles. The van der Waals surface area contributed by atoms with E-state index in [2.05, 4.69) is 20.6 Å². The molecule has 4 N–H and O–H groups in total. The van der Waals surface area contributed by atoms with Crippen molar-refractivity contribution in [3.05, 3.63) is 72.2 Å². The standard InChI is InChI=1S/C24H24N6O3/c1-14(2)30-12-17(20-22(25)26-13-27-23(20)30)21(31)15-7-6-8-16(11-15)28-24(32)29-18-9-4-5-10-19(18)33-3/h4-14H,1-3H3,(H2,25,26,27)(H2,28,29,32). The first-order valence-electron chi connectivity index (χ1n) is 10.4. The minimum Gasteiger partial charge on any atom is -0.495 e. The lowest BCUT2D eigenvalue weighted by Gasteiger charge is -2.11. The van der Waals surface area contributed by atoms with Crippen molar-refractivity contribution >= 4 is 40.0 Å². The first-order chi connectivity index (χ1) is 15.9. The zero-order valence-corrected chi connectivity index (χ0v) is 18.5. The van der Waals surface area contributed by atoms with Crippen molar-refractivity contribution in [1.29, 1.82) is 0 Å². The highest BCUT2D eigenvalue weighted by atomic mass is 16.5. The van der Waals surface area contributed by atoms with Gasteiger partial charge in [0.25, 0.3) is 0 Å². The van der Waals surface area contributed by atoms with Gasteiger partial charge in [0.15, 0.2) is 5.78 Å². The normalized spacial score (nSPS) is 10.9. The van der Waals surface area contributed by atoms with E-state index in [4.69, 9.17) is 10.5 Å². The highest BCUT2D eigenvalue weighted by Crippen LogP contribution is 2.29. The van der Waals surface area contributed by atoms with Crippen LogP contribution in [-0.4, -0.2) is 33.5 Å². The molecule has 0 spiro atoms. The lowest BCUT2D eigenvalue weighted by atomic mass is 10.0. The number of amides is 2. The van der Waals surface area contributed by atoms with E-state index in [1.807, 2.05) is 24.5 Å². The molecule has 0 saturated carbocycles. The summed E-state index contributed by atoms with van der Waals surface area (Å²) in [5, 5.41) is 6.01. The monoisotopic (exact) mass is 444 g/mol. The van der Waals surface area contributed by atoms with Crippen molar-refractivity contribution in [2.24, 2.45) is 0 Å². The van der Waals surface area contributed by atoms with E-state index in [0.29, 0.717) is 39.3 Å². The molecule has 0 aliphatic rings. The number of nitrogens with two attached hydrogens (primary N) is 1. The quantitative estimate of drug-likeness (QED) is 0.377. The van der Waals surface area contributed by atoms with Crippen molar-refractivity contribution in [3.63, 3.8) is 0 Å². The van der Waals surface area contributed by atoms with Gasteiger partial charge in [-0.15, -0.1) is 0 Å². The smallest absolute Gasteiger partial charge is 0.323 e. The molecule has 0 radical (unpaired) electrons. The molecule has 9 nitrogen and oxygen atoms in total. The zero-order chi connectivity index (χ0) is 23.5. The van der Waals surface area contributed by atoms with Crippen LogP contribution in [0.4, 0.5) is 22.0 Å². The third-order valence-electron chi connectivity index (χ3n) is 5.18. The summed E-state index contributed by atoms with van der Waals surface area (Å²) in [5.41, 5.74) is 8.49. The Kier molecular flexibility index (Phi) is 5.95. The summed E-state index contributed by atoms with van der Waals surface area (Å²) < 4.78 is 7.14. The second kappa shape index (κ2) is 8.99. The van der Waals surface area contributed by atoms with E-state index < -0.39 is 6.03 Å². The Morgan fingerprint density at radius 2 is 1.85 bits per heavy atom. The van der Waals surface area contributed by atoms with Gasteiger partial charge in [0.1, 0.15) is 23.5 Å². The largest absolute Gasteiger partial charge is 0.495 e. The van der Waals surface area contributed by atoms with Crippen molar-refractivity contribution in [2.75, 3.05) is 23.5 Å². The number of urea groups is 1. The van der Waals surface area contributed by atoms with Gasteiger partial charge in [-0.2, -0.15) is 0 Å². The lowest BCUT2D eigenvalue weighted by Crippen LogP contribution is -2.20. The Balaban J connectivity index is 1.61. The van der Waals surface area contributed by atoms with Crippen LogP contribution < -0.4 is 21.1 Å². The van der Waals surface area contributed by atoms with Crippen LogP contribution in [0.25, 0.3) is 11.0 Å². The number of nitrogen functional groups attached to an aromatic ring is 1. The average Bonchev–Trinajstić information content (AvgIpc) is 3.20. The summed E-state index contributed by atoms with van der Waals surface area (Å²) in [6.07, 6.45) is 3.13. The highest BCUT2D eigenvalue weighted by molar-refractivity contribution is 6.18. The van der Waals surface area contributed by atoms with Crippen molar-refractivity contribution < 1.29 is 14.3 Å². The number of ketones is 1. The van der Waals surface area contributed by atoms with Gasteiger partial charge >= 0.3 is 6.03 Å². The minimum absolute atomic E-state index is 0.0787. The molecule has 33 heavy (non-hydrogen) atoms. The maximum absolute atomic E-state index is 13.4. The Morgan fingerprint density at radius 1 is 1.06 bits per heavy atom. The number of rotatable bonds is 6. The van der Waals surface area contributed by atoms with Crippen LogP contribution in [0.2, 0.25) is 0 Å². The van der Waals surface area contributed by atoms with Crippen LogP contribution in [0.5, 0.6) is 5.75 Å². The molecular formula is C24H24N6O3. The maximum Gasteiger partial charge on any atom is 0.323 e. The minimum atomic E-state index is -0.460. The number of nitrogens with one attached hydrogen (secondary N) is 2. The van der Waals surface area contributed by atoms with Crippen LogP contribution in [0, 0.1) is 0 Å². The van der Waals surface area contributed by atoms with Gasteiger partial charge in [0.05, 0.1) is 23.7 Å². The number of ether oxygens (including phenoxy) is 1. The average molecular weight is 444 g/mol. The van der Waals surface area contributed by atoms with E-state index in [-0.39, 0.29) is 17.6 Å². The Hall–Kier alpha value is -4.40. The van der Waals surface area contributed by atoms with Crippen molar-refractivity contribution in [1.82, 2.24) is 14.5 Å². The Bertz CT molecular complexity index is 1350. The predicted octanol–water partition coefficient (Wildman–Crippen LogP) is 4.48. The molecular weight excluding hydrogens is 420 g/mol. The molecule has 0 aliphatic carbocycles. The Morgan fingerprint density at radius 3 is 2.61 bits per heavy atom. The number of nitrogens with zero attached hydrogens (tertiary/aromatic N) is 3. The van der Waals surface area contributed by atoms with Crippen molar-refractivity contribution in [2.45, 2.75) is 19.9 Å². The number of hydrogen-bond donors (Lipinski definition) is 3. The highest BCUT2D eigenvalue weighted by Gasteiger charge is 2.21. The number of carbonyl (C=O) groups is 2. The molecule has 0 bridgehead atoms. The molecule has 4 rings (SSSR count). The number of anilines is 3. The van der Waals surface area contributed by atoms with Gasteiger partial charge in [-0.05, 0) is 38.1 Å². The predicted molar refractivity (Wildman–Crippen MR) is 128 cm³/mol. The van der Waals surface area contributed by atoms with E-state index in [9.17, 15) is 9.59 Å². The molecule has 168 valence electrons. The van der Waals surface area contributed by atoms with Crippen LogP contribution in [0.15, 0.2) is 61.1 Å². The van der Waals surface area contributed by atoms with Gasteiger partial charge < -0.3 is 25.7 Å². The maximum atomic E-state index is 13.4. The number of hydrogen-bond acceptors (Lipinski definition) is 6. The second-order valence-electron chi connectivity index (χ2n) is 7.69. The molecule has 2 aromatic heterocycles. The number of aromatic nitrogens is 3. The molecule has 4 aromatic rings. The fourth-order valence-electron chi connectivity index (χ4n) is 3.60. The van der Waals surface area contributed by atoms with Crippen LogP contribution in [0.3, 0.4) is 0 Å². The van der Waals surface area contributed by atoms with E-state index >= 15 is 0 Å². The summed E-state index contributed by atoms with van der Waals surface area (Å²) in [7, 11) is 1.53. The summed E-state index contributed by atoms with van der Waals surface area (Å²) in [5.74, 6) is 0.542. The number of benzene rings is 2. The summed E-state index contributed by atoms with van der Waals surface area (Å²) in [4.78, 5) is 34.3. The molecule has 0 aliphatic heterocycles. The summed E-state index contributed by atoms with van der Waals surface area (Å²) in [6.45, 7) is 3.99. The third kappa shape index (κ3) is 4.33. The summed E-state index contributed by atoms with van der Waals surface area (Å²) in [6, 6.07) is 13.4. The molecule has 0 atom stereocenters. The van der Waals surface area contributed by atoms with Gasteiger partial charge in [-0.3, -0.25) is 4.79 Å². The van der Waals surface area contributed by atoms with Gasteiger partial charge in [-0.25, -0.2) is 14.8 Å². The zero-order valence-electron chi connectivity index (χ0n) is 18.5. The summed E-state index contributed by atoms with van der Waals surface area (Å²) >= 11 is 0. The van der Waals surface area contributed by atoms with E-state index in [0.717, 1.165) is 0 Å². The van der Waals surface area contributed by atoms with Crippen LogP contribution in [-0.2, 0) is 0 Å². The molecule has 0 saturated heterocycles. The Labute approximate surface area is 190 Å². The van der Waals surface area contributed by atoms with E-state index in [1.165, 1.54) is 13.4 Å². The first-order valence-corrected chi connectivity index (χ1v) is 10.4. The van der Waals surface area contributed by atoms with Gasteiger partial charge in [0.2, 0.25) is 0 Å². The molecule has 0 fully saturated rings. The molecule has 2 aromatic carbocycles. The fraction of sp³-hybridized carbons (Fsp3) is 0.167.